The Balaban J connectivity index is 2.32. The molecular weight excluding hydrogens is 246 g/mol. The number of ether oxygens (including phenoxy) is 1. The van der Waals surface area contributed by atoms with E-state index in [4.69, 9.17) is 9.84 Å². The Bertz CT molecular complexity index is 558. The van der Waals surface area contributed by atoms with Crippen molar-refractivity contribution in [3.8, 4) is 28.6 Å². The van der Waals surface area contributed by atoms with Crippen LogP contribution < -0.4 is 4.74 Å². The smallest absolute Gasteiger partial charge is 0.203 e. The predicted molar refractivity (Wildman–Crippen MR) is 71.2 cm³/mol. The normalized spacial score (nSPS) is 10.9. The summed E-state index contributed by atoms with van der Waals surface area (Å²) in [6.45, 7) is 3.41. The third kappa shape index (κ3) is 2.66. The van der Waals surface area contributed by atoms with Crippen molar-refractivity contribution in [2.45, 2.75) is 26.7 Å². The molecule has 5 heteroatoms. The molecule has 0 atom stereocenters. The molecule has 0 unspecified atom stereocenters. The number of aromatic hydroxyl groups is 2. The van der Waals surface area contributed by atoms with Gasteiger partial charge in [-0.2, -0.15) is 0 Å². The van der Waals surface area contributed by atoms with Gasteiger partial charge in [-0.3, -0.25) is 4.57 Å². The first kappa shape index (κ1) is 13.3. The van der Waals surface area contributed by atoms with Crippen molar-refractivity contribution in [3.63, 3.8) is 0 Å². The molecule has 102 valence electrons. The van der Waals surface area contributed by atoms with Crippen molar-refractivity contribution < 1.29 is 20.1 Å². The summed E-state index contributed by atoms with van der Waals surface area (Å²) >= 11 is 0. The van der Waals surface area contributed by atoms with E-state index < -0.39 is 6.73 Å². The van der Waals surface area contributed by atoms with Gasteiger partial charge in [-0.15, -0.1) is 0 Å². The highest BCUT2D eigenvalue weighted by Gasteiger charge is 2.14. The fraction of sp³-hybridized carbons (Fsp3) is 0.286. The van der Waals surface area contributed by atoms with Crippen molar-refractivity contribution in [1.82, 2.24) is 4.57 Å². The largest absolute Gasteiger partial charge is 0.494 e. The molecule has 0 amide bonds. The Labute approximate surface area is 111 Å². The molecule has 0 fully saturated rings. The van der Waals surface area contributed by atoms with Gasteiger partial charge in [0.15, 0.2) is 5.88 Å². The lowest BCUT2D eigenvalue weighted by Crippen LogP contribution is -2.05. The van der Waals surface area contributed by atoms with Crippen LogP contribution in [-0.4, -0.2) is 26.0 Å². The molecule has 5 nitrogen and oxygen atoms in total. The van der Waals surface area contributed by atoms with Gasteiger partial charge in [0.05, 0.1) is 6.10 Å². The van der Waals surface area contributed by atoms with Crippen LogP contribution in [0.4, 0.5) is 0 Å². The molecule has 0 spiro atoms. The molecule has 0 radical (unpaired) electrons. The molecule has 1 aromatic heterocycles. The van der Waals surface area contributed by atoms with E-state index in [9.17, 15) is 10.2 Å². The van der Waals surface area contributed by atoms with Gasteiger partial charge in [0.2, 0.25) is 5.88 Å². The number of nitrogens with zero attached hydrogens (tertiary/aromatic N) is 1. The maximum Gasteiger partial charge on any atom is 0.203 e. The van der Waals surface area contributed by atoms with Gasteiger partial charge >= 0.3 is 0 Å². The minimum Gasteiger partial charge on any atom is -0.494 e. The van der Waals surface area contributed by atoms with E-state index in [2.05, 4.69) is 0 Å². The van der Waals surface area contributed by atoms with E-state index in [-0.39, 0.29) is 17.9 Å². The van der Waals surface area contributed by atoms with Crippen LogP contribution in [0.25, 0.3) is 11.1 Å². The number of aliphatic hydroxyl groups is 1. The molecule has 3 N–H and O–H groups in total. The van der Waals surface area contributed by atoms with Gasteiger partial charge in [0, 0.05) is 11.6 Å². The summed E-state index contributed by atoms with van der Waals surface area (Å²) in [5.74, 6) is 0.388. The number of aromatic nitrogens is 1. The highest BCUT2D eigenvalue weighted by molar-refractivity contribution is 5.71. The fourth-order valence-electron chi connectivity index (χ4n) is 1.86. The first-order chi connectivity index (χ1) is 9.02. The summed E-state index contributed by atoms with van der Waals surface area (Å²) < 4.78 is 6.54. The summed E-state index contributed by atoms with van der Waals surface area (Å²) in [6.07, 6.45) is 0.0961. The molecule has 0 aliphatic carbocycles. The summed E-state index contributed by atoms with van der Waals surface area (Å²) in [5, 5.41) is 28.5. The molecule has 1 aromatic carbocycles. The Morgan fingerprint density at radius 3 is 2.26 bits per heavy atom. The summed E-state index contributed by atoms with van der Waals surface area (Å²) in [5.41, 5.74) is 1.19. The molecule has 0 aliphatic heterocycles. The Morgan fingerprint density at radius 2 is 1.79 bits per heavy atom. The van der Waals surface area contributed by atoms with Crippen LogP contribution in [0.3, 0.4) is 0 Å². The lowest BCUT2D eigenvalue weighted by atomic mass is 10.1. The first-order valence-corrected chi connectivity index (χ1v) is 6.02. The van der Waals surface area contributed by atoms with Crippen molar-refractivity contribution in [1.29, 1.82) is 0 Å². The van der Waals surface area contributed by atoms with Crippen molar-refractivity contribution >= 4 is 0 Å². The Morgan fingerprint density at radius 1 is 1.16 bits per heavy atom. The van der Waals surface area contributed by atoms with Crippen LogP contribution >= 0.6 is 0 Å². The average molecular weight is 263 g/mol. The zero-order valence-electron chi connectivity index (χ0n) is 10.9. The van der Waals surface area contributed by atoms with Gasteiger partial charge in [-0.1, -0.05) is 12.1 Å². The number of hydrogen-bond donors (Lipinski definition) is 3. The zero-order chi connectivity index (χ0) is 14.0. The lowest BCUT2D eigenvalue weighted by Gasteiger charge is -2.10. The molecule has 0 aliphatic rings. The Kier molecular flexibility index (Phi) is 3.66. The topological polar surface area (TPSA) is 74.9 Å². The van der Waals surface area contributed by atoms with Crippen LogP contribution in [0, 0.1) is 0 Å². The first-order valence-electron chi connectivity index (χ1n) is 6.02. The van der Waals surface area contributed by atoms with E-state index in [1.165, 1.54) is 6.07 Å². The van der Waals surface area contributed by atoms with Crippen LogP contribution in [0.2, 0.25) is 0 Å². The standard InChI is InChI=1S/C14H17NO4/c1-9(2)19-11-5-3-10(4-6-11)12-7-13(17)15(8-16)14(12)18/h3-7,9,16-18H,8H2,1-2H3. The minimum absolute atomic E-state index is 0.0961. The molecule has 2 rings (SSSR count). The molecule has 19 heavy (non-hydrogen) atoms. The lowest BCUT2D eigenvalue weighted by molar-refractivity contribution is 0.183. The molecule has 0 saturated carbocycles. The Hall–Kier alpha value is -2.14. The second-order valence-electron chi connectivity index (χ2n) is 4.50. The molecule has 0 saturated heterocycles. The summed E-state index contributed by atoms with van der Waals surface area (Å²) in [6, 6.07) is 8.57. The maximum atomic E-state index is 9.89. The molecule has 1 heterocycles. The maximum absolute atomic E-state index is 9.89. The molecular formula is C14H17NO4. The number of rotatable bonds is 4. The monoisotopic (exact) mass is 263 g/mol. The van der Waals surface area contributed by atoms with Crippen LogP contribution in [0.15, 0.2) is 30.3 Å². The highest BCUT2D eigenvalue weighted by atomic mass is 16.5. The van der Waals surface area contributed by atoms with E-state index >= 15 is 0 Å². The molecule has 0 bridgehead atoms. The highest BCUT2D eigenvalue weighted by Crippen LogP contribution is 2.36. The average Bonchev–Trinajstić information content (AvgIpc) is 2.64. The van der Waals surface area contributed by atoms with Crippen molar-refractivity contribution in [2.75, 3.05) is 0 Å². The van der Waals surface area contributed by atoms with E-state index in [1.807, 2.05) is 13.8 Å². The van der Waals surface area contributed by atoms with Crippen molar-refractivity contribution in [3.05, 3.63) is 30.3 Å². The fourth-order valence-corrected chi connectivity index (χ4v) is 1.86. The minimum atomic E-state index is -0.480. The third-order valence-electron chi connectivity index (χ3n) is 2.73. The quantitative estimate of drug-likeness (QED) is 0.791. The summed E-state index contributed by atoms with van der Waals surface area (Å²) in [4.78, 5) is 0. The second kappa shape index (κ2) is 5.24. The van der Waals surface area contributed by atoms with Crippen molar-refractivity contribution in [2.24, 2.45) is 0 Å². The van der Waals surface area contributed by atoms with Gasteiger partial charge in [-0.25, -0.2) is 0 Å². The van der Waals surface area contributed by atoms with E-state index in [1.54, 1.807) is 24.3 Å². The van der Waals surface area contributed by atoms with Gasteiger partial charge in [-0.05, 0) is 31.5 Å². The molecule has 2 aromatic rings. The van der Waals surface area contributed by atoms with Crippen LogP contribution in [-0.2, 0) is 6.73 Å². The second-order valence-corrected chi connectivity index (χ2v) is 4.50. The SMILES string of the molecule is CC(C)Oc1ccc(-c2cc(O)n(CO)c2O)cc1. The third-order valence-corrected chi connectivity index (χ3v) is 2.73. The number of hydrogen-bond acceptors (Lipinski definition) is 4. The van der Waals surface area contributed by atoms with Crippen LogP contribution in [0.1, 0.15) is 13.8 Å². The summed E-state index contributed by atoms with van der Waals surface area (Å²) in [7, 11) is 0. The van der Waals surface area contributed by atoms with E-state index in [0.717, 1.165) is 15.9 Å². The van der Waals surface area contributed by atoms with Gasteiger partial charge in [0.1, 0.15) is 12.5 Å². The number of benzene rings is 1. The van der Waals surface area contributed by atoms with Gasteiger partial charge < -0.3 is 20.1 Å². The van der Waals surface area contributed by atoms with E-state index in [0.29, 0.717) is 5.56 Å². The zero-order valence-corrected chi connectivity index (χ0v) is 10.9. The predicted octanol–water partition coefficient (Wildman–Crippen LogP) is 2.30. The van der Waals surface area contributed by atoms with Crippen LogP contribution in [0.5, 0.6) is 17.5 Å². The van der Waals surface area contributed by atoms with Gasteiger partial charge in [0.25, 0.3) is 0 Å². The number of aliphatic hydroxyl groups excluding tert-OH is 1.